The maximum absolute atomic E-state index is 3.84. The minimum atomic E-state index is 0. The second kappa shape index (κ2) is 33.4. The number of hydrogen-bond acceptors (Lipinski definition) is 6. The van der Waals surface area contributed by atoms with E-state index in [-0.39, 0.29) is 40.8 Å². The maximum atomic E-state index is 3.84. The molecule has 0 spiro atoms. The van der Waals surface area contributed by atoms with Crippen molar-refractivity contribution in [1.29, 1.82) is 0 Å². The van der Waals surface area contributed by atoms with Gasteiger partial charge in [-0.15, -0.1) is 0 Å². The number of hydrogen-bond donors (Lipinski definition) is 6. The average Bonchev–Trinajstić information content (AvgIpc) is 3.63. The molecule has 0 saturated heterocycles. The molecule has 0 unspecified atom stereocenters. The Hall–Kier alpha value is -3.96. The predicted octanol–water partition coefficient (Wildman–Crippen LogP) is 21.5. The quantitative estimate of drug-likeness (QED) is 0.0592. The van der Waals surface area contributed by atoms with Crippen LogP contribution in [0.3, 0.4) is 0 Å². The molecule has 5 aromatic carbocycles. The summed E-state index contributed by atoms with van der Waals surface area (Å²) >= 11 is 1.17. The SMILES string of the molecule is CC(Nc1c(C(C)C)cc(C)cc1C(C)C)=C1C=CCC(=C(C)Nc2c(C(C)C)cc(C)cc2C(C)C)N1.CC(Nc1c(C(C)C)cc(C)cc1C(C)C)=C1C=CCC(=C(C)Nc2c(C(C)C)cc(C)cc2C(C)C)N1.[Nd].[Nd][c]1ccccc1. The summed E-state index contributed by atoms with van der Waals surface area (Å²) < 4.78 is 1.46. The Morgan fingerprint density at radius 2 is 0.571 bits per heavy atom. The van der Waals surface area contributed by atoms with Gasteiger partial charge in [-0.05, 0) is 159 Å². The first-order valence-corrected chi connectivity index (χ1v) is 32.7. The van der Waals surface area contributed by atoms with Gasteiger partial charge >= 0.3 is 70.3 Å². The zero-order valence-electron chi connectivity index (χ0n) is 56.3. The van der Waals surface area contributed by atoms with Crippen LogP contribution in [0, 0.1) is 107 Å². The molecule has 0 atom stereocenters. The number of rotatable bonds is 16. The molecule has 0 radical (unpaired) electrons. The summed E-state index contributed by atoms with van der Waals surface area (Å²) in [5.41, 5.74) is 30.7. The van der Waals surface area contributed by atoms with Crippen LogP contribution in [0.1, 0.15) is 265 Å². The van der Waals surface area contributed by atoms with Gasteiger partial charge in [0, 0.05) is 111 Å². The van der Waals surface area contributed by atoms with Crippen molar-refractivity contribution in [2.75, 3.05) is 21.3 Å². The van der Waals surface area contributed by atoms with E-state index in [0.29, 0.717) is 47.3 Å². The molecule has 0 aromatic heterocycles. The van der Waals surface area contributed by atoms with E-state index in [4.69, 9.17) is 0 Å². The van der Waals surface area contributed by atoms with Gasteiger partial charge < -0.3 is 31.9 Å². The summed E-state index contributed by atoms with van der Waals surface area (Å²) in [5.74, 6) is 3.60. The van der Waals surface area contributed by atoms with Crippen molar-refractivity contribution in [3.8, 4) is 0 Å². The third-order valence-corrected chi connectivity index (χ3v) is 16.9. The fourth-order valence-corrected chi connectivity index (χ4v) is 11.7. The molecule has 8 heteroatoms. The van der Waals surface area contributed by atoms with Gasteiger partial charge in [0.05, 0.1) is 11.4 Å². The first kappa shape index (κ1) is 72.5. The van der Waals surface area contributed by atoms with Crippen LogP contribution in [0.4, 0.5) is 22.7 Å². The fraction of sp³-hybridized carbons (Fsp3) is 0.447. The molecule has 6 N–H and O–H groups in total. The second-order valence-corrected chi connectivity index (χ2v) is 28.0. The molecule has 7 rings (SSSR count). The Balaban J connectivity index is 0.000000318. The Labute approximate surface area is 571 Å². The molecule has 449 valence electrons. The second-order valence-electron chi connectivity index (χ2n) is 26.1. The van der Waals surface area contributed by atoms with E-state index < -0.39 is 0 Å². The molecule has 0 aliphatic carbocycles. The van der Waals surface area contributed by atoms with Gasteiger partial charge in [-0.3, -0.25) is 0 Å². The van der Waals surface area contributed by atoms with Crippen molar-refractivity contribution < 1.29 is 79.6 Å². The third kappa shape index (κ3) is 20.0. The van der Waals surface area contributed by atoms with E-state index in [0.717, 1.165) is 35.6 Å². The average molecular weight is 1390 g/mol. The molecule has 5 aromatic rings. The minimum absolute atomic E-state index is 0. The molecule has 6 nitrogen and oxygen atoms in total. The van der Waals surface area contributed by atoms with Crippen LogP contribution < -0.4 is 33.1 Å². The number of anilines is 4. The number of benzene rings is 5. The van der Waals surface area contributed by atoms with Gasteiger partial charge in [-0.2, -0.15) is 0 Å². The van der Waals surface area contributed by atoms with E-state index in [1.807, 2.05) is 6.07 Å². The summed E-state index contributed by atoms with van der Waals surface area (Å²) in [6.45, 7) is 54.1. The predicted molar refractivity (Wildman–Crippen MR) is 363 cm³/mol. The Bertz CT molecular complexity index is 2910. The zero-order chi connectivity index (χ0) is 61.7. The van der Waals surface area contributed by atoms with Crippen LogP contribution in [0.5, 0.6) is 0 Å². The van der Waals surface area contributed by atoms with Gasteiger partial charge in [-0.1, -0.05) is 194 Å². The van der Waals surface area contributed by atoms with Crippen molar-refractivity contribution >= 4 is 24.0 Å². The molecular formula is C76H107N6Nd2. The Morgan fingerprint density at radius 3 is 0.762 bits per heavy atom. The Kier molecular flexibility index (Phi) is 28.8. The number of allylic oxidation sites excluding steroid dienone is 8. The van der Waals surface area contributed by atoms with E-state index in [9.17, 15) is 0 Å². The summed E-state index contributed by atoms with van der Waals surface area (Å²) in [4.78, 5) is 0. The van der Waals surface area contributed by atoms with Gasteiger partial charge in [0.1, 0.15) is 0 Å². The van der Waals surface area contributed by atoms with Gasteiger partial charge in [0.25, 0.3) is 0 Å². The fourth-order valence-electron chi connectivity index (χ4n) is 11.1. The molecule has 2 aliphatic heterocycles. The van der Waals surface area contributed by atoms with Crippen LogP contribution in [-0.4, -0.2) is 0 Å². The van der Waals surface area contributed by atoms with Crippen molar-refractivity contribution in [2.45, 2.75) is 226 Å². The molecule has 0 fully saturated rings. The van der Waals surface area contributed by atoms with Crippen LogP contribution in [0.15, 0.2) is 149 Å². The van der Waals surface area contributed by atoms with E-state index in [2.05, 4.69) is 295 Å². The van der Waals surface area contributed by atoms with Crippen LogP contribution >= 0.6 is 0 Å². The van der Waals surface area contributed by atoms with Crippen LogP contribution in [0.2, 0.25) is 0 Å². The number of nitrogens with one attached hydrogen (secondary N) is 6. The van der Waals surface area contributed by atoms with Gasteiger partial charge in [0.15, 0.2) is 0 Å². The molecule has 0 bridgehead atoms. The molecular weight excluding hydrogens is 1290 g/mol. The van der Waals surface area contributed by atoms with Crippen molar-refractivity contribution in [2.24, 2.45) is 0 Å². The monoisotopic (exact) mass is 1390 g/mol. The molecule has 2 heterocycles. The first-order valence-electron chi connectivity index (χ1n) is 31.1. The van der Waals surface area contributed by atoms with Gasteiger partial charge in [-0.25, -0.2) is 0 Å². The Morgan fingerprint density at radius 1 is 0.357 bits per heavy atom. The normalized spacial score (nSPS) is 15.6. The first-order chi connectivity index (χ1) is 39.0. The van der Waals surface area contributed by atoms with Gasteiger partial charge in [0.2, 0.25) is 0 Å². The van der Waals surface area contributed by atoms with Crippen LogP contribution in [0.25, 0.3) is 0 Å². The molecule has 84 heavy (non-hydrogen) atoms. The summed E-state index contributed by atoms with van der Waals surface area (Å²) in [5, 5.41) is 22.9. The molecule has 2 aliphatic rings. The zero-order valence-corrected chi connectivity index (χ0v) is 62.8. The van der Waals surface area contributed by atoms with Crippen molar-refractivity contribution in [3.05, 3.63) is 216 Å². The van der Waals surface area contributed by atoms with Crippen molar-refractivity contribution in [3.63, 3.8) is 0 Å². The number of aryl methyl sites for hydroxylation is 4. The third-order valence-electron chi connectivity index (χ3n) is 15.9. The van der Waals surface area contributed by atoms with E-state index in [1.54, 1.807) is 0 Å². The van der Waals surface area contributed by atoms with Crippen LogP contribution in [-0.2, 0) is 0 Å². The van der Waals surface area contributed by atoms with Crippen molar-refractivity contribution in [1.82, 2.24) is 10.6 Å². The summed E-state index contributed by atoms with van der Waals surface area (Å²) in [6, 6.07) is 29.2. The van der Waals surface area contributed by atoms with E-state index >= 15 is 0 Å². The molecule has 0 saturated carbocycles. The summed E-state index contributed by atoms with van der Waals surface area (Å²) in [7, 11) is 0. The molecule has 0 amide bonds. The summed E-state index contributed by atoms with van der Waals surface area (Å²) in [6.07, 6.45) is 10.7. The standard InChI is InChI=1S/2C35H51N3.C6H5.2Nd/c2*1-20(2)28-16-24(9)17-29(21(3)4)34(28)36-26(11)32-14-13-15-33(38-32)27(12)37-35-30(22(5)6)18-25(10)19-31(35)23(7)8;1-2-4-6-5-3-1;;/h2*13-14,16-23,36-38H,15H2,1-12H3;1-5H;;. The topological polar surface area (TPSA) is 72.2 Å². The van der Waals surface area contributed by atoms with E-state index in [1.165, 1.54) is 152 Å².